The van der Waals surface area contributed by atoms with Gasteiger partial charge < -0.3 is 4.90 Å². The summed E-state index contributed by atoms with van der Waals surface area (Å²) in [5.74, 6) is 1.25. The number of carbonyl (C=O) groups is 1. The zero-order valence-corrected chi connectivity index (χ0v) is 15.3. The Morgan fingerprint density at radius 3 is 2.80 bits per heavy atom. The highest BCUT2D eigenvalue weighted by Gasteiger charge is 2.14. The number of carbonyl (C=O) groups excluding carboxylic acids is 1. The Labute approximate surface area is 139 Å². The quantitative estimate of drug-likeness (QED) is 0.609. The molecule has 0 N–H and O–H groups in total. The first-order valence-corrected chi connectivity index (χ1v) is 9.19. The van der Waals surface area contributed by atoms with Crippen molar-refractivity contribution in [2.75, 3.05) is 25.6 Å². The van der Waals surface area contributed by atoms with Gasteiger partial charge in [-0.1, -0.05) is 27.5 Å². The summed E-state index contributed by atoms with van der Waals surface area (Å²) >= 11 is 11.3. The van der Waals surface area contributed by atoms with Crippen LogP contribution in [0.1, 0.15) is 30.1 Å². The second-order valence-electron chi connectivity index (χ2n) is 4.91. The molecule has 1 aromatic carbocycles. The molecule has 0 spiro atoms. The van der Waals surface area contributed by atoms with Gasteiger partial charge >= 0.3 is 0 Å². The molecule has 0 heterocycles. The predicted octanol–water partition coefficient (Wildman–Crippen LogP) is 4.75. The highest BCUT2D eigenvalue weighted by molar-refractivity contribution is 9.10. The van der Waals surface area contributed by atoms with Crippen LogP contribution in [0.25, 0.3) is 0 Å². The molecule has 1 unspecified atom stereocenters. The molecule has 0 aromatic heterocycles. The maximum Gasteiger partial charge on any atom is 0.165 e. The summed E-state index contributed by atoms with van der Waals surface area (Å²) in [6, 6.07) is 5.89. The number of hydrogen-bond donors (Lipinski definition) is 0. The SMILES string of the molecule is CSCCC(C)N(C)CCC(=O)c1ccc(Br)cc1Cl. The van der Waals surface area contributed by atoms with Crippen LogP contribution in [-0.2, 0) is 0 Å². The number of nitrogens with zero attached hydrogens (tertiary/aromatic N) is 1. The van der Waals surface area contributed by atoms with E-state index in [1.54, 1.807) is 12.1 Å². The molecular weight excluding hydrogens is 358 g/mol. The fourth-order valence-electron chi connectivity index (χ4n) is 1.86. The van der Waals surface area contributed by atoms with Gasteiger partial charge in [0.05, 0.1) is 5.02 Å². The summed E-state index contributed by atoms with van der Waals surface area (Å²) in [6.07, 6.45) is 3.76. The highest BCUT2D eigenvalue weighted by Crippen LogP contribution is 2.22. The van der Waals surface area contributed by atoms with Crippen molar-refractivity contribution < 1.29 is 4.79 Å². The molecule has 1 rings (SSSR count). The van der Waals surface area contributed by atoms with E-state index >= 15 is 0 Å². The normalized spacial score (nSPS) is 12.7. The van der Waals surface area contributed by atoms with E-state index in [2.05, 4.69) is 41.1 Å². The van der Waals surface area contributed by atoms with Gasteiger partial charge in [-0.15, -0.1) is 0 Å². The highest BCUT2D eigenvalue weighted by atomic mass is 79.9. The molecule has 112 valence electrons. The van der Waals surface area contributed by atoms with Crippen molar-refractivity contribution in [2.45, 2.75) is 25.8 Å². The van der Waals surface area contributed by atoms with Crippen molar-refractivity contribution in [1.82, 2.24) is 4.90 Å². The monoisotopic (exact) mass is 377 g/mol. The third-order valence-electron chi connectivity index (χ3n) is 3.42. The van der Waals surface area contributed by atoms with E-state index in [1.807, 2.05) is 17.8 Å². The third-order valence-corrected chi connectivity index (χ3v) is 4.87. The molecule has 0 radical (unpaired) electrons. The van der Waals surface area contributed by atoms with Crippen LogP contribution in [0, 0.1) is 0 Å². The summed E-state index contributed by atoms with van der Waals surface area (Å²) < 4.78 is 0.891. The lowest BCUT2D eigenvalue weighted by atomic mass is 10.1. The van der Waals surface area contributed by atoms with Gasteiger partial charge in [0.1, 0.15) is 0 Å². The smallest absolute Gasteiger partial charge is 0.165 e. The molecule has 20 heavy (non-hydrogen) atoms. The van der Waals surface area contributed by atoms with Crippen molar-refractivity contribution >= 4 is 45.1 Å². The summed E-state index contributed by atoms with van der Waals surface area (Å²) in [5.41, 5.74) is 0.611. The van der Waals surface area contributed by atoms with Gasteiger partial charge in [-0.25, -0.2) is 0 Å². The minimum Gasteiger partial charge on any atom is -0.303 e. The molecule has 0 saturated carbocycles. The van der Waals surface area contributed by atoms with E-state index in [9.17, 15) is 4.79 Å². The Hall–Kier alpha value is -0.0300. The summed E-state index contributed by atoms with van der Waals surface area (Å²) in [5, 5.41) is 0.516. The second kappa shape index (κ2) is 9.08. The van der Waals surface area contributed by atoms with Crippen molar-refractivity contribution in [3.05, 3.63) is 33.3 Å². The first-order valence-electron chi connectivity index (χ1n) is 6.63. The van der Waals surface area contributed by atoms with Crippen LogP contribution in [-0.4, -0.2) is 42.3 Å². The van der Waals surface area contributed by atoms with E-state index in [0.29, 0.717) is 23.0 Å². The topological polar surface area (TPSA) is 20.3 Å². The Bertz CT molecular complexity index is 455. The molecular formula is C15H21BrClNOS. The fourth-order valence-corrected chi connectivity index (χ4v) is 3.21. The maximum absolute atomic E-state index is 12.2. The van der Waals surface area contributed by atoms with Crippen molar-refractivity contribution in [3.8, 4) is 0 Å². The maximum atomic E-state index is 12.2. The lowest BCUT2D eigenvalue weighted by Crippen LogP contribution is -2.31. The molecule has 0 aliphatic rings. The third kappa shape index (κ3) is 5.76. The molecule has 1 aromatic rings. The molecule has 2 nitrogen and oxygen atoms in total. The van der Waals surface area contributed by atoms with Gasteiger partial charge in [0.15, 0.2) is 5.78 Å². The molecule has 0 bridgehead atoms. The van der Waals surface area contributed by atoms with Crippen LogP contribution >= 0.6 is 39.3 Å². The first kappa shape index (κ1) is 18.0. The lowest BCUT2D eigenvalue weighted by molar-refractivity contribution is 0.0962. The number of Topliss-reactive ketones (excluding diaryl/α,β-unsaturated/α-hetero) is 1. The summed E-state index contributed by atoms with van der Waals surface area (Å²) in [6.45, 7) is 2.97. The average molecular weight is 379 g/mol. The largest absolute Gasteiger partial charge is 0.303 e. The van der Waals surface area contributed by atoms with E-state index in [0.717, 1.165) is 23.2 Å². The summed E-state index contributed by atoms with van der Waals surface area (Å²) in [7, 11) is 2.07. The van der Waals surface area contributed by atoms with E-state index in [1.165, 1.54) is 0 Å². The van der Waals surface area contributed by atoms with Crippen molar-refractivity contribution in [2.24, 2.45) is 0 Å². The lowest BCUT2D eigenvalue weighted by Gasteiger charge is -2.24. The minimum absolute atomic E-state index is 0.103. The second-order valence-corrected chi connectivity index (χ2v) is 7.22. The molecule has 1 atom stereocenters. The molecule has 0 fully saturated rings. The van der Waals surface area contributed by atoms with Gasteiger partial charge in [-0.3, -0.25) is 4.79 Å². The number of rotatable bonds is 8. The number of benzene rings is 1. The molecule has 0 saturated heterocycles. The van der Waals surface area contributed by atoms with Gasteiger partial charge in [0, 0.05) is 29.0 Å². The minimum atomic E-state index is 0.103. The van der Waals surface area contributed by atoms with Crippen LogP contribution in [0.5, 0.6) is 0 Å². The van der Waals surface area contributed by atoms with Crippen molar-refractivity contribution in [3.63, 3.8) is 0 Å². The van der Waals surface area contributed by atoms with Crippen molar-refractivity contribution in [1.29, 1.82) is 0 Å². The van der Waals surface area contributed by atoms with E-state index in [4.69, 9.17) is 11.6 Å². The zero-order valence-electron chi connectivity index (χ0n) is 12.2. The molecule has 5 heteroatoms. The Kier molecular flexibility index (Phi) is 8.18. The zero-order chi connectivity index (χ0) is 15.1. The summed E-state index contributed by atoms with van der Waals surface area (Å²) in [4.78, 5) is 14.4. The molecule has 0 aliphatic carbocycles. The van der Waals surface area contributed by atoms with Gasteiger partial charge in [-0.2, -0.15) is 11.8 Å². The first-order chi connectivity index (χ1) is 9.45. The number of thioether (sulfide) groups is 1. The van der Waals surface area contributed by atoms with Gasteiger partial charge in [0.2, 0.25) is 0 Å². The van der Waals surface area contributed by atoms with Crippen LogP contribution in [0.2, 0.25) is 5.02 Å². The Morgan fingerprint density at radius 2 is 2.20 bits per heavy atom. The predicted molar refractivity (Wildman–Crippen MR) is 93.2 cm³/mol. The van der Waals surface area contributed by atoms with Crippen LogP contribution in [0.3, 0.4) is 0 Å². The molecule has 0 aliphatic heterocycles. The van der Waals surface area contributed by atoms with Crippen LogP contribution in [0.15, 0.2) is 22.7 Å². The van der Waals surface area contributed by atoms with Crippen LogP contribution < -0.4 is 0 Å². The standard InChI is InChI=1S/C15H21BrClNOS/c1-11(7-9-20-3)18(2)8-6-15(19)13-5-4-12(16)10-14(13)17/h4-5,10-11H,6-9H2,1-3H3. The van der Waals surface area contributed by atoms with Gasteiger partial charge in [-0.05, 0) is 50.6 Å². The number of hydrogen-bond acceptors (Lipinski definition) is 3. The number of ketones is 1. The van der Waals surface area contributed by atoms with E-state index in [-0.39, 0.29) is 5.78 Å². The number of halogens is 2. The molecule has 0 amide bonds. The Balaban J connectivity index is 2.50. The average Bonchev–Trinajstić information content (AvgIpc) is 2.41. The fraction of sp³-hybridized carbons (Fsp3) is 0.533. The Morgan fingerprint density at radius 1 is 1.50 bits per heavy atom. The van der Waals surface area contributed by atoms with Gasteiger partial charge in [0.25, 0.3) is 0 Å². The van der Waals surface area contributed by atoms with E-state index < -0.39 is 0 Å². The van der Waals surface area contributed by atoms with Crippen LogP contribution in [0.4, 0.5) is 0 Å².